The zero-order chi connectivity index (χ0) is 14.8. The molecule has 0 unspecified atom stereocenters. The van der Waals surface area contributed by atoms with Crippen molar-refractivity contribution in [3.63, 3.8) is 0 Å². The van der Waals surface area contributed by atoms with Gasteiger partial charge in [0.15, 0.2) is 5.65 Å². The van der Waals surface area contributed by atoms with Crippen molar-refractivity contribution in [1.82, 2.24) is 14.6 Å². The largest absolute Gasteiger partial charge is 0.493 e. The van der Waals surface area contributed by atoms with E-state index < -0.39 is 0 Å². The molecule has 2 N–H and O–H groups in total. The van der Waals surface area contributed by atoms with Crippen LogP contribution in [-0.2, 0) is 0 Å². The van der Waals surface area contributed by atoms with Crippen LogP contribution in [0.3, 0.4) is 0 Å². The van der Waals surface area contributed by atoms with Gasteiger partial charge in [0.25, 0.3) is 0 Å². The zero-order valence-corrected chi connectivity index (χ0v) is 12.2. The number of hydrogen-bond donors (Lipinski definition) is 1. The Balaban J connectivity index is 2.10. The topological polar surface area (TPSA) is 65.4 Å². The van der Waals surface area contributed by atoms with Gasteiger partial charge in [-0.2, -0.15) is 4.98 Å². The summed E-state index contributed by atoms with van der Waals surface area (Å²) < 4.78 is 7.60. The number of aromatic nitrogens is 3. The average Bonchev–Trinajstić information content (AvgIpc) is 2.85. The van der Waals surface area contributed by atoms with Crippen LogP contribution in [0.2, 0.25) is 0 Å². The molecule has 0 bridgehead atoms. The maximum Gasteiger partial charge on any atom is 0.240 e. The molecule has 0 amide bonds. The molecular formula is C16H18N4O. The van der Waals surface area contributed by atoms with E-state index in [4.69, 9.17) is 10.5 Å². The van der Waals surface area contributed by atoms with E-state index in [9.17, 15) is 0 Å². The lowest BCUT2D eigenvalue weighted by atomic mass is 10.1. The summed E-state index contributed by atoms with van der Waals surface area (Å²) in [5.41, 5.74) is 8.39. The molecule has 0 spiro atoms. The number of para-hydroxylation sites is 1. The molecule has 108 valence electrons. The third kappa shape index (κ3) is 2.67. The van der Waals surface area contributed by atoms with Crippen molar-refractivity contribution in [2.24, 2.45) is 5.92 Å². The van der Waals surface area contributed by atoms with E-state index in [1.807, 2.05) is 42.6 Å². The van der Waals surface area contributed by atoms with Crippen LogP contribution in [0, 0.1) is 5.92 Å². The molecule has 0 aliphatic heterocycles. The van der Waals surface area contributed by atoms with Crippen molar-refractivity contribution < 1.29 is 4.74 Å². The number of anilines is 1. The molecule has 0 aliphatic rings. The maximum atomic E-state index is 5.92. The predicted molar refractivity (Wildman–Crippen MR) is 83.2 cm³/mol. The van der Waals surface area contributed by atoms with Crippen molar-refractivity contribution in [2.75, 3.05) is 12.3 Å². The molecule has 0 radical (unpaired) electrons. The first kappa shape index (κ1) is 13.4. The van der Waals surface area contributed by atoms with Crippen LogP contribution >= 0.6 is 0 Å². The minimum absolute atomic E-state index is 0.267. The molecule has 2 heterocycles. The number of hydrogen-bond acceptors (Lipinski definition) is 4. The van der Waals surface area contributed by atoms with E-state index in [0.29, 0.717) is 12.5 Å². The molecule has 0 saturated carbocycles. The van der Waals surface area contributed by atoms with Gasteiger partial charge >= 0.3 is 0 Å². The lowest BCUT2D eigenvalue weighted by molar-refractivity contribution is 0.272. The van der Waals surface area contributed by atoms with Crippen molar-refractivity contribution in [2.45, 2.75) is 13.8 Å². The summed E-state index contributed by atoms with van der Waals surface area (Å²) in [5, 5.41) is 4.15. The van der Waals surface area contributed by atoms with Crippen molar-refractivity contribution in [1.29, 1.82) is 0 Å². The van der Waals surface area contributed by atoms with Gasteiger partial charge in [-0.3, -0.25) is 0 Å². The molecule has 0 fully saturated rings. The van der Waals surface area contributed by atoms with Gasteiger partial charge in [0.05, 0.1) is 6.61 Å². The van der Waals surface area contributed by atoms with Gasteiger partial charge in [0.1, 0.15) is 5.75 Å². The molecular weight excluding hydrogens is 264 g/mol. The molecule has 5 heteroatoms. The Labute approximate surface area is 123 Å². The first-order valence-electron chi connectivity index (χ1n) is 6.98. The van der Waals surface area contributed by atoms with Gasteiger partial charge in [0, 0.05) is 17.3 Å². The summed E-state index contributed by atoms with van der Waals surface area (Å²) in [5.74, 6) is 1.58. The Morgan fingerprint density at radius 2 is 1.90 bits per heavy atom. The van der Waals surface area contributed by atoms with Crippen molar-refractivity contribution in [3.8, 4) is 16.9 Å². The standard InChI is InChI=1S/C16H18N4O/c1-11(2)10-21-14-8-4-3-6-12(14)13-7-5-9-20-15(13)18-16(17)19-20/h3-9,11H,10H2,1-2H3,(H2,17,19). The Bertz CT molecular complexity index is 764. The highest BCUT2D eigenvalue weighted by Gasteiger charge is 2.12. The second kappa shape index (κ2) is 5.44. The van der Waals surface area contributed by atoms with Gasteiger partial charge in [0.2, 0.25) is 5.95 Å². The molecule has 21 heavy (non-hydrogen) atoms. The monoisotopic (exact) mass is 282 g/mol. The number of benzene rings is 1. The molecule has 1 aromatic carbocycles. The van der Waals surface area contributed by atoms with E-state index in [-0.39, 0.29) is 5.95 Å². The minimum atomic E-state index is 0.267. The second-order valence-electron chi connectivity index (χ2n) is 5.36. The fourth-order valence-corrected chi connectivity index (χ4v) is 2.20. The lowest BCUT2D eigenvalue weighted by Crippen LogP contribution is -2.05. The van der Waals surface area contributed by atoms with Crippen LogP contribution in [0.15, 0.2) is 42.6 Å². The summed E-state index contributed by atoms with van der Waals surface area (Å²) >= 11 is 0. The molecule has 3 rings (SSSR count). The SMILES string of the molecule is CC(C)COc1ccccc1-c1cccn2nc(N)nc12. The quantitative estimate of drug-likeness (QED) is 0.799. The zero-order valence-electron chi connectivity index (χ0n) is 12.2. The number of nitrogen functional groups attached to an aromatic ring is 1. The van der Waals surface area contributed by atoms with E-state index in [2.05, 4.69) is 23.9 Å². The van der Waals surface area contributed by atoms with Crippen LogP contribution in [0.1, 0.15) is 13.8 Å². The second-order valence-corrected chi connectivity index (χ2v) is 5.36. The van der Waals surface area contributed by atoms with Crippen LogP contribution in [0.25, 0.3) is 16.8 Å². The number of nitrogens with zero attached hydrogens (tertiary/aromatic N) is 3. The Kier molecular flexibility index (Phi) is 3.48. The van der Waals surface area contributed by atoms with Gasteiger partial charge < -0.3 is 10.5 Å². The first-order valence-corrected chi connectivity index (χ1v) is 6.98. The van der Waals surface area contributed by atoms with Gasteiger partial charge in [-0.05, 0) is 24.1 Å². The number of fused-ring (bicyclic) bond motifs is 1. The molecule has 0 atom stereocenters. The van der Waals surface area contributed by atoms with Gasteiger partial charge in [-0.25, -0.2) is 4.52 Å². The fourth-order valence-electron chi connectivity index (χ4n) is 2.20. The van der Waals surface area contributed by atoms with Crippen molar-refractivity contribution >= 4 is 11.6 Å². The summed E-state index contributed by atoms with van der Waals surface area (Å²) in [6, 6.07) is 11.9. The number of pyridine rings is 1. The maximum absolute atomic E-state index is 5.92. The highest BCUT2D eigenvalue weighted by molar-refractivity contribution is 5.81. The third-order valence-corrected chi connectivity index (χ3v) is 3.13. The van der Waals surface area contributed by atoms with Crippen LogP contribution in [0.4, 0.5) is 5.95 Å². The van der Waals surface area contributed by atoms with Gasteiger partial charge in [-0.15, -0.1) is 5.10 Å². The van der Waals surface area contributed by atoms with E-state index >= 15 is 0 Å². The molecule has 5 nitrogen and oxygen atoms in total. The molecule has 3 aromatic rings. The van der Waals surface area contributed by atoms with E-state index in [1.165, 1.54) is 0 Å². The van der Waals surface area contributed by atoms with Crippen LogP contribution in [-0.4, -0.2) is 21.2 Å². The third-order valence-electron chi connectivity index (χ3n) is 3.13. The highest BCUT2D eigenvalue weighted by Crippen LogP contribution is 2.32. The summed E-state index contributed by atoms with van der Waals surface area (Å²) in [4.78, 5) is 4.30. The minimum Gasteiger partial charge on any atom is -0.493 e. The van der Waals surface area contributed by atoms with E-state index in [1.54, 1.807) is 4.52 Å². The summed E-state index contributed by atoms with van der Waals surface area (Å²) in [6.45, 7) is 4.93. The van der Waals surface area contributed by atoms with Crippen LogP contribution in [0.5, 0.6) is 5.75 Å². The smallest absolute Gasteiger partial charge is 0.240 e. The first-order chi connectivity index (χ1) is 10.1. The Morgan fingerprint density at radius 1 is 1.14 bits per heavy atom. The normalized spacial score (nSPS) is 11.2. The van der Waals surface area contributed by atoms with Gasteiger partial charge in [-0.1, -0.05) is 32.0 Å². The average molecular weight is 282 g/mol. The van der Waals surface area contributed by atoms with Crippen LogP contribution < -0.4 is 10.5 Å². The summed E-state index contributed by atoms with van der Waals surface area (Å²) in [6.07, 6.45) is 1.83. The number of nitrogens with two attached hydrogens (primary N) is 1. The fraction of sp³-hybridized carbons (Fsp3) is 0.250. The number of rotatable bonds is 4. The summed E-state index contributed by atoms with van der Waals surface area (Å²) in [7, 11) is 0. The number of ether oxygens (including phenoxy) is 1. The van der Waals surface area contributed by atoms with Crippen molar-refractivity contribution in [3.05, 3.63) is 42.6 Å². The lowest BCUT2D eigenvalue weighted by Gasteiger charge is -2.13. The predicted octanol–water partition coefficient (Wildman–Crippen LogP) is 3.01. The molecule has 2 aromatic heterocycles. The highest BCUT2D eigenvalue weighted by atomic mass is 16.5. The molecule has 0 aliphatic carbocycles. The van der Waals surface area contributed by atoms with E-state index in [0.717, 1.165) is 22.5 Å². The Morgan fingerprint density at radius 3 is 2.71 bits per heavy atom. The Hall–Kier alpha value is -2.56. The molecule has 0 saturated heterocycles.